The quantitative estimate of drug-likeness (QED) is 0.387. The maximum Gasteiger partial charge on any atom is 0.0594 e. The Kier molecular flexibility index (Phi) is 4.66. The smallest absolute Gasteiger partial charge is 0.0594 e. The van der Waals surface area contributed by atoms with Crippen molar-refractivity contribution in [3.8, 4) is 0 Å². The molecule has 31 heavy (non-hydrogen) atoms. The maximum absolute atomic E-state index is 10.9. The Bertz CT molecular complexity index is 790. The largest absolute Gasteiger partial charge is 0.393 e. The zero-order valence-electron chi connectivity index (χ0n) is 21.9. The molecule has 1 N–H and O–H groups in total. The average molecular weight is 427 g/mol. The molecule has 1 heteroatoms. The molecule has 0 bridgehead atoms. The minimum absolute atomic E-state index is 0.0575. The second kappa shape index (κ2) is 6.43. The molecule has 0 saturated heterocycles. The fraction of sp³-hybridized carbons (Fsp3) is 0.933. The molecule has 0 spiro atoms. The summed E-state index contributed by atoms with van der Waals surface area (Å²) in [5.74, 6) is 2.29. The van der Waals surface area contributed by atoms with Crippen molar-refractivity contribution in [3.05, 3.63) is 11.6 Å². The van der Waals surface area contributed by atoms with E-state index >= 15 is 0 Å². The van der Waals surface area contributed by atoms with Gasteiger partial charge in [0.15, 0.2) is 0 Å². The first kappa shape index (κ1) is 22.5. The molecule has 0 aromatic heterocycles. The van der Waals surface area contributed by atoms with Crippen LogP contribution in [0.1, 0.15) is 120 Å². The summed E-state index contributed by atoms with van der Waals surface area (Å²) in [7, 11) is 0. The van der Waals surface area contributed by atoms with E-state index in [1.54, 1.807) is 0 Å². The fourth-order valence-electron chi connectivity index (χ4n) is 10.8. The summed E-state index contributed by atoms with van der Waals surface area (Å²) < 4.78 is 0. The fourth-order valence-corrected chi connectivity index (χ4v) is 10.8. The van der Waals surface area contributed by atoms with Crippen molar-refractivity contribution in [1.82, 2.24) is 0 Å². The number of aliphatic hydroxyl groups excluding tert-OH is 1. The molecule has 0 amide bonds. The number of aliphatic hydroxyl groups is 1. The highest BCUT2D eigenvalue weighted by Gasteiger charge is 2.66. The van der Waals surface area contributed by atoms with Gasteiger partial charge in [-0.2, -0.15) is 0 Å². The van der Waals surface area contributed by atoms with Gasteiger partial charge in [-0.05, 0) is 114 Å². The molecule has 4 saturated carbocycles. The van der Waals surface area contributed by atoms with Crippen LogP contribution in [-0.4, -0.2) is 11.2 Å². The van der Waals surface area contributed by atoms with E-state index in [4.69, 9.17) is 0 Å². The monoisotopic (exact) mass is 426 g/mol. The Hall–Kier alpha value is -0.300. The molecule has 0 heterocycles. The second-order valence-corrected chi connectivity index (χ2v) is 15.3. The Morgan fingerprint density at radius 2 is 1.32 bits per heavy atom. The number of hydrogen-bond acceptors (Lipinski definition) is 1. The van der Waals surface area contributed by atoms with Crippen molar-refractivity contribution >= 4 is 0 Å². The first-order valence-corrected chi connectivity index (χ1v) is 13.6. The Morgan fingerprint density at radius 1 is 0.710 bits per heavy atom. The van der Waals surface area contributed by atoms with Crippen LogP contribution < -0.4 is 0 Å². The molecule has 0 aromatic carbocycles. The van der Waals surface area contributed by atoms with Gasteiger partial charge in [-0.15, -0.1) is 0 Å². The van der Waals surface area contributed by atoms with Crippen LogP contribution in [0.15, 0.2) is 11.6 Å². The number of fused-ring (bicyclic) bond motifs is 7. The molecule has 0 radical (unpaired) electrons. The Balaban J connectivity index is 1.56. The SMILES string of the molecule is CC1(C)CC[C@]2(C)CC=C3[C@](C)(CC[C@H]4[C@]5(C)CC[C@@H](O)C(C)(C)[C@H]5CC[C@@]34C)[C@H]2C1. The van der Waals surface area contributed by atoms with Crippen LogP contribution in [0, 0.1) is 50.2 Å². The first-order chi connectivity index (χ1) is 14.2. The normalized spacial score (nSPS) is 55.2. The topological polar surface area (TPSA) is 20.2 Å². The highest BCUT2D eigenvalue weighted by atomic mass is 16.3. The summed E-state index contributed by atoms with van der Waals surface area (Å²) in [5, 5.41) is 10.9. The highest BCUT2D eigenvalue weighted by molar-refractivity contribution is 5.34. The molecule has 8 atom stereocenters. The zero-order valence-corrected chi connectivity index (χ0v) is 21.9. The van der Waals surface area contributed by atoms with E-state index in [0.717, 1.165) is 18.3 Å². The van der Waals surface area contributed by atoms with Crippen molar-refractivity contribution < 1.29 is 5.11 Å². The van der Waals surface area contributed by atoms with Crippen LogP contribution >= 0.6 is 0 Å². The Morgan fingerprint density at radius 3 is 2.00 bits per heavy atom. The van der Waals surface area contributed by atoms with Crippen LogP contribution in [-0.2, 0) is 0 Å². The molecule has 1 nitrogen and oxygen atoms in total. The van der Waals surface area contributed by atoms with Gasteiger partial charge in [0.05, 0.1) is 6.10 Å². The van der Waals surface area contributed by atoms with Gasteiger partial charge in [0, 0.05) is 0 Å². The van der Waals surface area contributed by atoms with Gasteiger partial charge in [-0.3, -0.25) is 0 Å². The van der Waals surface area contributed by atoms with Gasteiger partial charge in [0.25, 0.3) is 0 Å². The third-order valence-corrected chi connectivity index (χ3v) is 12.7. The van der Waals surface area contributed by atoms with Crippen molar-refractivity contribution in [2.24, 2.45) is 50.2 Å². The predicted octanol–water partition coefficient (Wildman–Crippen LogP) is 8.17. The van der Waals surface area contributed by atoms with Crippen LogP contribution in [0.5, 0.6) is 0 Å². The van der Waals surface area contributed by atoms with Crippen molar-refractivity contribution in [1.29, 1.82) is 0 Å². The van der Waals surface area contributed by atoms with Crippen molar-refractivity contribution in [2.75, 3.05) is 0 Å². The summed E-state index contributed by atoms with van der Waals surface area (Å²) in [6.45, 7) is 20.4. The third kappa shape index (κ3) is 2.83. The number of rotatable bonds is 0. The molecule has 0 unspecified atom stereocenters. The van der Waals surface area contributed by atoms with Gasteiger partial charge in [-0.1, -0.05) is 67.0 Å². The Labute approximate surface area is 192 Å². The molecule has 0 aromatic rings. The van der Waals surface area contributed by atoms with E-state index in [2.05, 4.69) is 61.5 Å². The third-order valence-electron chi connectivity index (χ3n) is 12.7. The van der Waals surface area contributed by atoms with Gasteiger partial charge >= 0.3 is 0 Å². The van der Waals surface area contributed by atoms with Crippen LogP contribution in [0.2, 0.25) is 0 Å². The second-order valence-electron chi connectivity index (χ2n) is 15.3. The summed E-state index contributed by atoms with van der Waals surface area (Å²) in [6, 6.07) is 0. The summed E-state index contributed by atoms with van der Waals surface area (Å²) in [6.07, 6.45) is 15.8. The molecule has 5 rings (SSSR count). The summed E-state index contributed by atoms with van der Waals surface area (Å²) in [4.78, 5) is 0. The minimum atomic E-state index is -0.122. The van der Waals surface area contributed by atoms with Crippen LogP contribution in [0.4, 0.5) is 0 Å². The molecular weight excluding hydrogens is 376 g/mol. The average Bonchev–Trinajstić information content (AvgIpc) is 2.66. The predicted molar refractivity (Wildman–Crippen MR) is 131 cm³/mol. The van der Waals surface area contributed by atoms with E-state index < -0.39 is 0 Å². The minimum Gasteiger partial charge on any atom is -0.393 e. The van der Waals surface area contributed by atoms with Crippen LogP contribution in [0.3, 0.4) is 0 Å². The van der Waals surface area contributed by atoms with Gasteiger partial charge < -0.3 is 5.11 Å². The lowest BCUT2D eigenvalue weighted by atomic mass is 9.35. The molecule has 0 aliphatic heterocycles. The van der Waals surface area contributed by atoms with Gasteiger partial charge in [-0.25, -0.2) is 0 Å². The molecule has 5 aliphatic rings. The van der Waals surface area contributed by atoms with Crippen LogP contribution in [0.25, 0.3) is 0 Å². The molecule has 5 aliphatic carbocycles. The standard InChI is InChI=1S/C30H50O/c1-25(2)17-18-27(5)13-9-21-29(7)14-10-20-26(3,4)24(31)12-16-28(20,6)22(29)11-15-30(21,8)23(27)19-25/h9,20,22-24,31H,10-19H2,1-8H3/t20-,22+,23+,24-,27+,28-,29+,30+/m1/s1. The van der Waals surface area contributed by atoms with Crippen molar-refractivity contribution in [2.45, 2.75) is 126 Å². The lowest BCUT2D eigenvalue weighted by Crippen LogP contribution is -2.63. The lowest BCUT2D eigenvalue weighted by molar-refractivity contribution is -0.184. The molecule has 4 fully saturated rings. The lowest BCUT2D eigenvalue weighted by Gasteiger charge is -2.70. The molecule has 176 valence electrons. The van der Waals surface area contributed by atoms with E-state index in [9.17, 15) is 5.11 Å². The highest BCUT2D eigenvalue weighted by Crippen LogP contribution is 2.74. The van der Waals surface area contributed by atoms with Gasteiger partial charge in [0.1, 0.15) is 0 Å². The first-order valence-electron chi connectivity index (χ1n) is 13.6. The number of hydrogen-bond donors (Lipinski definition) is 1. The maximum atomic E-state index is 10.9. The van der Waals surface area contributed by atoms with E-state index in [0.29, 0.717) is 33.0 Å². The van der Waals surface area contributed by atoms with E-state index in [1.807, 2.05) is 5.57 Å². The van der Waals surface area contributed by atoms with Crippen molar-refractivity contribution in [3.63, 3.8) is 0 Å². The number of allylic oxidation sites excluding steroid dienone is 2. The molecular formula is C30H50O. The van der Waals surface area contributed by atoms with E-state index in [-0.39, 0.29) is 11.5 Å². The zero-order chi connectivity index (χ0) is 22.7. The van der Waals surface area contributed by atoms with E-state index in [1.165, 1.54) is 57.8 Å². The van der Waals surface area contributed by atoms with Gasteiger partial charge in [0.2, 0.25) is 0 Å². The summed E-state index contributed by atoms with van der Waals surface area (Å²) in [5.41, 5.74) is 4.07. The summed E-state index contributed by atoms with van der Waals surface area (Å²) >= 11 is 0.